The highest BCUT2D eigenvalue weighted by Gasteiger charge is 2.39. The summed E-state index contributed by atoms with van der Waals surface area (Å²) in [6.45, 7) is -0.319. The average molecular weight is 575 g/mol. The molecule has 2 N–H and O–H groups in total. The highest BCUT2D eigenvalue weighted by atomic mass is 79.9. The molecule has 5 nitrogen and oxygen atoms in total. The highest BCUT2D eigenvalue weighted by molar-refractivity contribution is 9.10. The van der Waals surface area contributed by atoms with E-state index in [2.05, 4.69) is 26.1 Å². The fourth-order valence-electron chi connectivity index (χ4n) is 2.60. The van der Waals surface area contributed by atoms with Crippen LogP contribution in [0.3, 0.4) is 0 Å². The summed E-state index contributed by atoms with van der Waals surface area (Å²) >= 11 is 20.8. The molecule has 0 bridgehead atoms. The molecule has 32 heavy (non-hydrogen) atoms. The summed E-state index contributed by atoms with van der Waals surface area (Å²) in [6, 6.07) is 6.56. The normalized spacial score (nSPS) is 12.6. The Morgan fingerprint density at radius 1 is 1.16 bits per heavy atom. The molecule has 0 aromatic heterocycles. The fourth-order valence-corrected chi connectivity index (χ4v) is 3.79. The van der Waals surface area contributed by atoms with Crippen molar-refractivity contribution in [1.29, 1.82) is 0 Å². The third-order valence-corrected chi connectivity index (χ3v) is 5.92. The van der Waals surface area contributed by atoms with Gasteiger partial charge in [0.2, 0.25) is 0 Å². The number of nitrogens with one attached hydrogen (secondary N) is 2. The standard InChI is InChI=1S/C20H15BrCl3F3N2O3/c1-32-29-17(30)9-28-19(31)12-4-2-10(6-14(12)21)3-5-13(20(25,26)27)11-7-15(22)18(24)16(23)8-11/h2-8,13H,9H2,1H3,(H,28,31)(H,29,30). The van der Waals surface area contributed by atoms with Gasteiger partial charge in [-0.05, 0) is 51.3 Å². The Kier molecular flexibility index (Phi) is 9.41. The molecule has 0 heterocycles. The van der Waals surface area contributed by atoms with Crippen LogP contribution < -0.4 is 10.8 Å². The number of halogens is 7. The molecule has 0 aliphatic heterocycles. The first kappa shape index (κ1) is 26.5. The van der Waals surface area contributed by atoms with Gasteiger partial charge in [-0.1, -0.05) is 53.0 Å². The second-order valence-electron chi connectivity index (χ2n) is 6.33. The summed E-state index contributed by atoms with van der Waals surface area (Å²) in [5, 5.41) is 2.18. The third-order valence-electron chi connectivity index (χ3n) is 4.06. The number of alkyl halides is 3. The van der Waals surface area contributed by atoms with Crippen LogP contribution in [0.15, 0.2) is 40.9 Å². The molecule has 0 aliphatic carbocycles. The lowest BCUT2D eigenvalue weighted by Crippen LogP contribution is -2.36. The maximum Gasteiger partial charge on any atom is 0.399 e. The average Bonchev–Trinajstić information content (AvgIpc) is 2.69. The van der Waals surface area contributed by atoms with Crippen LogP contribution in [-0.2, 0) is 9.63 Å². The second kappa shape index (κ2) is 11.4. The van der Waals surface area contributed by atoms with E-state index in [9.17, 15) is 22.8 Å². The van der Waals surface area contributed by atoms with Crippen LogP contribution in [0.4, 0.5) is 13.2 Å². The first-order valence-electron chi connectivity index (χ1n) is 8.73. The maximum absolute atomic E-state index is 13.7. The van der Waals surface area contributed by atoms with Crippen LogP contribution in [0.5, 0.6) is 0 Å². The first-order valence-corrected chi connectivity index (χ1v) is 10.7. The van der Waals surface area contributed by atoms with Gasteiger partial charge in [0.25, 0.3) is 11.8 Å². The van der Waals surface area contributed by atoms with E-state index in [4.69, 9.17) is 34.8 Å². The van der Waals surface area contributed by atoms with E-state index in [1.165, 1.54) is 31.4 Å². The second-order valence-corrected chi connectivity index (χ2v) is 8.37. The smallest absolute Gasteiger partial charge is 0.343 e. The fraction of sp³-hybridized carbons (Fsp3) is 0.200. The summed E-state index contributed by atoms with van der Waals surface area (Å²) in [7, 11) is 1.25. The number of carbonyl (C=O) groups excluding carboxylic acids is 2. The molecule has 2 rings (SSSR count). The molecular formula is C20H15BrCl3F3N2O3. The van der Waals surface area contributed by atoms with Crippen molar-refractivity contribution in [2.45, 2.75) is 12.1 Å². The molecule has 172 valence electrons. The topological polar surface area (TPSA) is 67.4 Å². The summed E-state index contributed by atoms with van der Waals surface area (Å²) in [5.74, 6) is -3.11. The Balaban J connectivity index is 2.24. The summed E-state index contributed by atoms with van der Waals surface area (Å²) in [5.41, 5.74) is 2.46. The van der Waals surface area contributed by atoms with Gasteiger partial charge >= 0.3 is 6.18 Å². The first-order chi connectivity index (χ1) is 14.9. The van der Waals surface area contributed by atoms with E-state index in [0.29, 0.717) is 10.0 Å². The molecule has 12 heteroatoms. The number of amides is 2. The minimum absolute atomic E-state index is 0.0283. The van der Waals surface area contributed by atoms with Crippen LogP contribution in [0.25, 0.3) is 6.08 Å². The summed E-state index contributed by atoms with van der Waals surface area (Å²) in [4.78, 5) is 28.0. The molecule has 1 unspecified atom stereocenters. The molecule has 0 fully saturated rings. The number of benzene rings is 2. The van der Waals surface area contributed by atoms with Gasteiger partial charge in [0, 0.05) is 4.47 Å². The van der Waals surface area contributed by atoms with E-state index in [1.54, 1.807) is 0 Å². The number of rotatable bonds is 7. The van der Waals surface area contributed by atoms with Crippen LogP contribution >= 0.6 is 50.7 Å². The van der Waals surface area contributed by atoms with Crippen LogP contribution in [0.1, 0.15) is 27.4 Å². The molecule has 2 amide bonds. The minimum atomic E-state index is -4.61. The van der Waals surface area contributed by atoms with Gasteiger partial charge in [0.15, 0.2) is 0 Å². The zero-order valence-corrected chi connectivity index (χ0v) is 20.1. The number of allylic oxidation sites excluding steroid dienone is 1. The van der Waals surface area contributed by atoms with E-state index >= 15 is 0 Å². The van der Waals surface area contributed by atoms with Crippen molar-refractivity contribution < 1.29 is 27.6 Å². The molecule has 2 aromatic carbocycles. The predicted molar refractivity (Wildman–Crippen MR) is 121 cm³/mol. The van der Waals surface area contributed by atoms with Crippen LogP contribution in [0.2, 0.25) is 15.1 Å². The highest BCUT2D eigenvalue weighted by Crippen LogP contribution is 2.41. The Morgan fingerprint density at radius 2 is 1.78 bits per heavy atom. The van der Waals surface area contributed by atoms with Crippen molar-refractivity contribution in [3.8, 4) is 0 Å². The monoisotopic (exact) mass is 572 g/mol. The molecular weight excluding hydrogens is 559 g/mol. The van der Waals surface area contributed by atoms with Crippen molar-refractivity contribution in [2.24, 2.45) is 0 Å². The molecule has 2 aromatic rings. The molecule has 0 aliphatic rings. The van der Waals surface area contributed by atoms with E-state index in [0.717, 1.165) is 18.2 Å². The largest absolute Gasteiger partial charge is 0.399 e. The zero-order valence-electron chi connectivity index (χ0n) is 16.2. The summed E-state index contributed by atoms with van der Waals surface area (Å²) < 4.78 is 41.3. The van der Waals surface area contributed by atoms with Crippen LogP contribution in [0, 0.1) is 0 Å². The van der Waals surface area contributed by atoms with Gasteiger partial charge in [-0.15, -0.1) is 0 Å². The molecule has 0 saturated heterocycles. The van der Waals surface area contributed by atoms with E-state index < -0.39 is 23.9 Å². The van der Waals surface area contributed by atoms with E-state index in [1.807, 2.05) is 5.48 Å². The SMILES string of the molecule is CONC(=O)CNC(=O)c1ccc(C=CC(c2cc(Cl)c(Cl)c(Cl)c2)C(F)(F)F)cc1Br. The number of carbonyl (C=O) groups is 2. The van der Waals surface area contributed by atoms with Crippen molar-refractivity contribution in [1.82, 2.24) is 10.8 Å². The Labute approximate surface area is 204 Å². The van der Waals surface area contributed by atoms with Gasteiger partial charge < -0.3 is 5.32 Å². The van der Waals surface area contributed by atoms with Crippen molar-refractivity contribution >= 4 is 68.6 Å². The van der Waals surface area contributed by atoms with Gasteiger partial charge in [-0.3, -0.25) is 14.4 Å². The van der Waals surface area contributed by atoms with Gasteiger partial charge in [-0.25, -0.2) is 5.48 Å². The van der Waals surface area contributed by atoms with Gasteiger partial charge in [0.05, 0.1) is 40.2 Å². The molecule has 0 saturated carbocycles. The molecule has 0 radical (unpaired) electrons. The van der Waals surface area contributed by atoms with Crippen molar-refractivity contribution in [3.05, 3.63) is 72.6 Å². The maximum atomic E-state index is 13.7. The lowest BCUT2D eigenvalue weighted by atomic mass is 9.97. The number of hydrogen-bond acceptors (Lipinski definition) is 3. The number of hydroxylamine groups is 1. The quantitative estimate of drug-likeness (QED) is 0.307. The van der Waals surface area contributed by atoms with E-state index in [-0.39, 0.29) is 32.7 Å². The van der Waals surface area contributed by atoms with Crippen molar-refractivity contribution in [2.75, 3.05) is 13.7 Å². The van der Waals surface area contributed by atoms with Gasteiger partial charge in [0.1, 0.15) is 0 Å². The zero-order chi connectivity index (χ0) is 24.1. The lowest BCUT2D eigenvalue weighted by Gasteiger charge is -2.18. The third kappa shape index (κ3) is 7.11. The van der Waals surface area contributed by atoms with Crippen LogP contribution in [-0.4, -0.2) is 31.6 Å². The van der Waals surface area contributed by atoms with Gasteiger partial charge in [-0.2, -0.15) is 13.2 Å². The Hall–Kier alpha value is -1.78. The lowest BCUT2D eigenvalue weighted by molar-refractivity contribution is -0.139. The molecule has 1 atom stereocenters. The Bertz CT molecular complexity index is 1030. The summed E-state index contributed by atoms with van der Waals surface area (Å²) in [6.07, 6.45) is -2.41. The predicted octanol–water partition coefficient (Wildman–Crippen LogP) is 6.18. The molecule has 0 spiro atoms. The minimum Gasteiger partial charge on any atom is -0.343 e. The van der Waals surface area contributed by atoms with Crippen molar-refractivity contribution in [3.63, 3.8) is 0 Å². The number of hydrogen-bond donors (Lipinski definition) is 2. The Morgan fingerprint density at radius 3 is 2.31 bits per heavy atom.